The van der Waals surface area contributed by atoms with Crippen LogP contribution >= 0.6 is 11.8 Å². The first-order chi connectivity index (χ1) is 10.4. The Morgan fingerprint density at radius 2 is 1.59 bits per heavy atom. The zero-order chi connectivity index (χ0) is 16.1. The first-order valence-corrected chi connectivity index (χ1v) is 8.24. The van der Waals surface area contributed by atoms with E-state index in [2.05, 4.69) is 21.4 Å². The van der Waals surface area contributed by atoms with Crippen LogP contribution in [0.4, 0.5) is 5.69 Å². The van der Waals surface area contributed by atoms with Crippen molar-refractivity contribution >= 4 is 23.4 Å². The van der Waals surface area contributed by atoms with Crippen molar-refractivity contribution in [1.29, 1.82) is 0 Å². The summed E-state index contributed by atoms with van der Waals surface area (Å²) in [5.74, 6) is 0.682. The van der Waals surface area contributed by atoms with Crippen LogP contribution < -0.4 is 5.32 Å². The number of aromatic nitrogens is 2. The minimum Gasteiger partial charge on any atom is -0.326 e. The average molecular weight is 315 g/mol. The molecule has 4 nitrogen and oxygen atoms in total. The maximum atomic E-state index is 12.0. The fourth-order valence-electron chi connectivity index (χ4n) is 2.26. The number of amides is 1. The van der Waals surface area contributed by atoms with E-state index in [1.54, 1.807) is 0 Å². The molecule has 0 fully saturated rings. The third-order valence-electron chi connectivity index (χ3n) is 3.03. The van der Waals surface area contributed by atoms with Gasteiger partial charge in [-0.05, 0) is 57.0 Å². The van der Waals surface area contributed by atoms with E-state index in [0.717, 1.165) is 33.4 Å². The Labute approximate surface area is 135 Å². The van der Waals surface area contributed by atoms with Crippen LogP contribution in [0.15, 0.2) is 29.4 Å². The van der Waals surface area contributed by atoms with Gasteiger partial charge in [0.25, 0.3) is 0 Å². The number of carbonyl (C=O) groups excluding carboxylic acids is 1. The molecule has 5 heteroatoms. The molecular weight excluding hydrogens is 294 g/mol. The predicted molar refractivity (Wildman–Crippen MR) is 91.4 cm³/mol. The van der Waals surface area contributed by atoms with Gasteiger partial charge >= 0.3 is 0 Å². The maximum absolute atomic E-state index is 12.0. The Morgan fingerprint density at radius 3 is 2.18 bits per heavy atom. The molecule has 0 saturated heterocycles. The van der Waals surface area contributed by atoms with Gasteiger partial charge in [-0.1, -0.05) is 17.8 Å². The fourth-order valence-corrected chi connectivity index (χ4v) is 3.15. The van der Waals surface area contributed by atoms with Crippen LogP contribution in [0.2, 0.25) is 0 Å². The van der Waals surface area contributed by atoms with Crippen LogP contribution in [-0.2, 0) is 4.79 Å². The quantitative estimate of drug-likeness (QED) is 0.673. The monoisotopic (exact) mass is 315 g/mol. The normalized spacial score (nSPS) is 10.5. The lowest BCUT2D eigenvalue weighted by Gasteiger charge is -2.07. The van der Waals surface area contributed by atoms with Gasteiger partial charge in [-0.15, -0.1) is 0 Å². The molecular formula is C17H21N3OS. The molecule has 1 aromatic heterocycles. The van der Waals surface area contributed by atoms with E-state index in [1.807, 2.05) is 45.9 Å². The molecule has 0 aliphatic heterocycles. The standard InChI is InChI=1S/C17H21N3OS/c1-11-7-12(2)9-15(8-11)20-16(21)5-6-22-17-18-13(3)10-14(4)19-17/h7-10H,5-6H2,1-4H3,(H,20,21). The van der Waals surface area contributed by atoms with Crippen LogP contribution in [0.1, 0.15) is 28.9 Å². The summed E-state index contributed by atoms with van der Waals surface area (Å²) in [5.41, 5.74) is 5.06. The molecule has 1 aromatic carbocycles. The number of carbonyl (C=O) groups is 1. The molecule has 1 N–H and O–H groups in total. The molecule has 0 bridgehead atoms. The minimum atomic E-state index is 0.0156. The zero-order valence-electron chi connectivity index (χ0n) is 13.4. The van der Waals surface area contributed by atoms with E-state index in [1.165, 1.54) is 11.8 Å². The topological polar surface area (TPSA) is 54.9 Å². The van der Waals surface area contributed by atoms with E-state index in [0.29, 0.717) is 12.2 Å². The van der Waals surface area contributed by atoms with Gasteiger partial charge in [-0.25, -0.2) is 9.97 Å². The highest BCUT2D eigenvalue weighted by atomic mass is 32.2. The second-order valence-corrected chi connectivity index (χ2v) is 6.52. The van der Waals surface area contributed by atoms with Crippen LogP contribution in [0.3, 0.4) is 0 Å². The van der Waals surface area contributed by atoms with Crippen LogP contribution in [-0.4, -0.2) is 21.6 Å². The molecule has 0 atom stereocenters. The molecule has 116 valence electrons. The summed E-state index contributed by atoms with van der Waals surface area (Å²) in [6.45, 7) is 7.95. The van der Waals surface area contributed by atoms with Crippen LogP contribution in [0.25, 0.3) is 0 Å². The highest BCUT2D eigenvalue weighted by Crippen LogP contribution is 2.17. The third kappa shape index (κ3) is 5.15. The highest BCUT2D eigenvalue weighted by Gasteiger charge is 2.06. The molecule has 2 rings (SSSR count). The third-order valence-corrected chi connectivity index (χ3v) is 3.88. The summed E-state index contributed by atoms with van der Waals surface area (Å²) in [5, 5.41) is 3.67. The molecule has 1 heterocycles. The van der Waals surface area contributed by atoms with Gasteiger partial charge in [-0.2, -0.15) is 0 Å². The Bertz CT molecular complexity index is 645. The van der Waals surface area contributed by atoms with E-state index < -0.39 is 0 Å². The van der Waals surface area contributed by atoms with Crippen LogP contribution in [0.5, 0.6) is 0 Å². The Morgan fingerprint density at radius 1 is 1.00 bits per heavy atom. The maximum Gasteiger partial charge on any atom is 0.225 e. The van der Waals surface area contributed by atoms with Gasteiger partial charge in [0.1, 0.15) is 0 Å². The first kappa shape index (κ1) is 16.5. The van der Waals surface area contributed by atoms with Crippen molar-refractivity contribution in [3.63, 3.8) is 0 Å². The minimum absolute atomic E-state index is 0.0156. The van der Waals surface area contributed by atoms with Crippen molar-refractivity contribution in [2.75, 3.05) is 11.1 Å². The summed E-state index contributed by atoms with van der Waals surface area (Å²) in [6, 6.07) is 7.98. The molecule has 0 aliphatic carbocycles. The van der Waals surface area contributed by atoms with Crippen molar-refractivity contribution in [3.8, 4) is 0 Å². The van der Waals surface area contributed by atoms with Crippen molar-refractivity contribution in [2.45, 2.75) is 39.3 Å². The van der Waals surface area contributed by atoms with Crippen molar-refractivity contribution in [2.24, 2.45) is 0 Å². The predicted octanol–water partition coefficient (Wildman–Crippen LogP) is 3.83. The number of aryl methyl sites for hydroxylation is 4. The number of anilines is 1. The molecule has 0 aliphatic rings. The fraction of sp³-hybridized carbons (Fsp3) is 0.353. The van der Waals surface area contributed by atoms with E-state index in [9.17, 15) is 4.79 Å². The largest absolute Gasteiger partial charge is 0.326 e. The first-order valence-electron chi connectivity index (χ1n) is 7.25. The van der Waals surface area contributed by atoms with Gasteiger partial charge in [0.2, 0.25) is 5.91 Å². The zero-order valence-corrected chi connectivity index (χ0v) is 14.3. The number of hydrogen-bond acceptors (Lipinski definition) is 4. The van der Waals surface area contributed by atoms with Gasteiger partial charge in [0, 0.05) is 29.2 Å². The molecule has 1 amide bonds. The molecule has 0 spiro atoms. The summed E-state index contributed by atoms with van der Waals surface area (Å²) in [4.78, 5) is 20.7. The Hall–Kier alpha value is -1.88. The molecule has 0 unspecified atom stereocenters. The van der Waals surface area contributed by atoms with Crippen LogP contribution in [0, 0.1) is 27.7 Å². The molecule has 22 heavy (non-hydrogen) atoms. The lowest BCUT2D eigenvalue weighted by atomic mass is 10.1. The lowest BCUT2D eigenvalue weighted by Crippen LogP contribution is -2.12. The second-order valence-electron chi connectivity index (χ2n) is 5.46. The number of nitrogens with one attached hydrogen (secondary N) is 1. The van der Waals surface area contributed by atoms with E-state index in [4.69, 9.17) is 0 Å². The van der Waals surface area contributed by atoms with E-state index in [-0.39, 0.29) is 5.91 Å². The number of nitrogens with zero attached hydrogens (tertiary/aromatic N) is 2. The summed E-state index contributed by atoms with van der Waals surface area (Å²) < 4.78 is 0. The Kier molecular flexibility index (Phi) is 5.55. The van der Waals surface area contributed by atoms with Gasteiger partial charge in [0.05, 0.1) is 0 Å². The Balaban J connectivity index is 1.85. The molecule has 0 radical (unpaired) electrons. The number of rotatable bonds is 5. The van der Waals surface area contributed by atoms with Crippen molar-refractivity contribution in [3.05, 3.63) is 46.8 Å². The number of thioether (sulfide) groups is 1. The van der Waals surface area contributed by atoms with Crippen molar-refractivity contribution < 1.29 is 4.79 Å². The second kappa shape index (κ2) is 7.40. The SMILES string of the molecule is Cc1cc(C)cc(NC(=O)CCSc2nc(C)cc(C)n2)c1. The van der Waals surface area contributed by atoms with Gasteiger partial charge in [0.15, 0.2) is 5.16 Å². The average Bonchev–Trinajstić information content (AvgIpc) is 2.35. The number of benzene rings is 1. The highest BCUT2D eigenvalue weighted by molar-refractivity contribution is 7.99. The summed E-state index contributed by atoms with van der Waals surface area (Å²) in [7, 11) is 0. The lowest BCUT2D eigenvalue weighted by molar-refractivity contribution is -0.115. The smallest absolute Gasteiger partial charge is 0.225 e. The molecule has 2 aromatic rings. The van der Waals surface area contributed by atoms with Gasteiger partial charge in [-0.3, -0.25) is 4.79 Å². The van der Waals surface area contributed by atoms with E-state index >= 15 is 0 Å². The molecule has 0 saturated carbocycles. The van der Waals surface area contributed by atoms with Gasteiger partial charge < -0.3 is 5.32 Å². The summed E-state index contributed by atoms with van der Waals surface area (Å²) >= 11 is 1.51. The van der Waals surface area contributed by atoms with Crippen molar-refractivity contribution in [1.82, 2.24) is 9.97 Å². The summed E-state index contributed by atoms with van der Waals surface area (Å²) in [6.07, 6.45) is 0.438. The number of hydrogen-bond donors (Lipinski definition) is 1.